The van der Waals surface area contributed by atoms with Gasteiger partial charge in [-0.25, -0.2) is 13.6 Å². The molecule has 0 bridgehead atoms. The fourth-order valence-electron chi connectivity index (χ4n) is 2.07. The number of nitrogens with zero attached hydrogens (tertiary/aromatic N) is 1. The van der Waals surface area contributed by atoms with Crippen LogP contribution < -0.4 is 16.2 Å². The van der Waals surface area contributed by atoms with Gasteiger partial charge < -0.3 is 15.8 Å². The van der Waals surface area contributed by atoms with Crippen molar-refractivity contribution in [3.05, 3.63) is 18.2 Å². The van der Waals surface area contributed by atoms with Crippen molar-refractivity contribution in [3.63, 3.8) is 0 Å². The van der Waals surface area contributed by atoms with Crippen LogP contribution in [-0.4, -0.2) is 52.7 Å². The van der Waals surface area contributed by atoms with Gasteiger partial charge in [-0.2, -0.15) is 0 Å². The average molecular weight is 300 g/mol. The van der Waals surface area contributed by atoms with E-state index in [1.54, 1.807) is 6.07 Å². The zero-order chi connectivity index (χ0) is 14.6. The van der Waals surface area contributed by atoms with E-state index in [-0.39, 0.29) is 4.90 Å². The molecule has 0 aliphatic carbocycles. The highest BCUT2D eigenvalue weighted by atomic mass is 32.2. The third kappa shape index (κ3) is 4.34. The van der Waals surface area contributed by atoms with Gasteiger partial charge in [-0.05, 0) is 18.2 Å². The zero-order valence-corrected chi connectivity index (χ0v) is 12.0. The van der Waals surface area contributed by atoms with Crippen LogP contribution >= 0.6 is 0 Å². The van der Waals surface area contributed by atoms with E-state index in [9.17, 15) is 8.42 Å². The number of morpholine rings is 1. The van der Waals surface area contributed by atoms with Crippen molar-refractivity contribution in [2.24, 2.45) is 5.14 Å². The van der Waals surface area contributed by atoms with Crippen LogP contribution in [0.5, 0.6) is 0 Å². The lowest BCUT2D eigenvalue weighted by Crippen LogP contribution is -2.39. The standard InChI is InChI=1S/C12H20N4O3S/c13-10-7-11(9-12(8-10)20(14,17)18)15-1-2-16-3-5-19-6-4-16/h7-9,15H,1-6,13H2,(H2,14,17,18). The molecule has 5 N–H and O–H groups in total. The topological polar surface area (TPSA) is 111 Å². The quantitative estimate of drug-likeness (QED) is 0.642. The van der Waals surface area contributed by atoms with E-state index in [2.05, 4.69) is 10.2 Å². The molecule has 1 saturated heterocycles. The van der Waals surface area contributed by atoms with E-state index in [0.717, 1.165) is 32.8 Å². The van der Waals surface area contributed by atoms with Gasteiger partial charge in [-0.15, -0.1) is 0 Å². The van der Waals surface area contributed by atoms with E-state index in [1.807, 2.05) is 0 Å². The number of anilines is 2. The molecule has 8 heteroatoms. The minimum atomic E-state index is -3.74. The van der Waals surface area contributed by atoms with Gasteiger partial charge in [0.15, 0.2) is 0 Å². The number of sulfonamides is 1. The summed E-state index contributed by atoms with van der Waals surface area (Å²) in [7, 11) is -3.74. The summed E-state index contributed by atoms with van der Waals surface area (Å²) in [4.78, 5) is 2.30. The SMILES string of the molecule is Nc1cc(NCCN2CCOCC2)cc(S(N)(=O)=O)c1. The molecule has 1 fully saturated rings. The molecule has 1 aromatic rings. The molecule has 112 valence electrons. The fraction of sp³-hybridized carbons (Fsp3) is 0.500. The van der Waals surface area contributed by atoms with Crippen LogP contribution in [0.1, 0.15) is 0 Å². The predicted octanol–water partition coefficient (Wildman–Crippen LogP) is -0.340. The Labute approximate surface area is 118 Å². The second-order valence-electron chi connectivity index (χ2n) is 4.72. The van der Waals surface area contributed by atoms with Crippen LogP contribution in [0.3, 0.4) is 0 Å². The summed E-state index contributed by atoms with van der Waals surface area (Å²) in [6.07, 6.45) is 0. The normalized spacial score (nSPS) is 17.1. The van der Waals surface area contributed by atoms with E-state index >= 15 is 0 Å². The number of rotatable bonds is 5. The van der Waals surface area contributed by atoms with Gasteiger partial charge in [0.05, 0.1) is 18.1 Å². The average Bonchev–Trinajstić information content (AvgIpc) is 2.38. The predicted molar refractivity (Wildman–Crippen MR) is 78.0 cm³/mol. The van der Waals surface area contributed by atoms with Crippen LogP contribution in [0.15, 0.2) is 23.1 Å². The van der Waals surface area contributed by atoms with Gasteiger partial charge >= 0.3 is 0 Å². The minimum absolute atomic E-state index is 0.0198. The second-order valence-corrected chi connectivity index (χ2v) is 6.28. The zero-order valence-electron chi connectivity index (χ0n) is 11.2. The van der Waals surface area contributed by atoms with Crippen LogP contribution in [0, 0.1) is 0 Å². The lowest BCUT2D eigenvalue weighted by molar-refractivity contribution is 0.0398. The molecule has 0 amide bonds. The first-order chi connectivity index (χ1) is 9.45. The van der Waals surface area contributed by atoms with Crippen molar-refractivity contribution >= 4 is 21.4 Å². The Balaban J connectivity index is 1.94. The number of nitrogen functional groups attached to an aromatic ring is 1. The molecule has 0 unspecified atom stereocenters. The Bertz CT molecular complexity index is 556. The largest absolute Gasteiger partial charge is 0.399 e. The summed E-state index contributed by atoms with van der Waals surface area (Å²) >= 11 is 0. The second kappa shape index (κ2) is 6.40. The van der Waals surface area contributed by atoms with Crippen LogP contribution in [-0.2, 0) is 14.8 Å². The van der Waals surface area contributed by atoms with Gasteiger partial charge in [-0.1, -0.05) is 0 Å². The van der Waals surface area contributed by atoms with Crippen LogP contribution in [0.2, 0.25) is 0 Å². The lowest BCUT2D eigenvalue weighted by Gasteiger charge is -2.26. The molecule has 20 heavy (non-hydrogen) atoms. The summed E-state index contributed by atoms with van der Waals surface area (Å²) in [5.74, 6) is 0. The smallest absolute Gasteiger partial charge is 0.238 e. The maximum Gasteiger partial charge on any atom is 0.238 e. The van der Waals surface area contributed by atoms with Crippen molar-refractivity contribution in [1.82, 2.24) is 4.90 Å². The maximum atomic E-state index is 11.3. The first-order valence-electron chi connectivity index (χ1n) is 6.42. The van der Waals surface area contributed by atoms with Crippen molar-refractivity contribution in [3.8, 4) is 0 Å². The fourth-order valence-corrected chi connectivity index (χ4v) is 2.66. The first kappa shape index (κ1) is 15.0. The number of primary sulfonamides is 1. The number of hydrogen-bond donors (Lipinski definition) is 3. The van der Waals surface area contributed by atoms with Crippen molar-refractivity contribution in [1.29, 1.82) is 0 Å². The highest BCUT2D eigenvalue weighted by Gasteiger charge is 2.11. The Morgan fingerprint density at radius 3 is 2.60 bits per heavy atom. The number of nitrogens with one attached hydrogen (secondary N) is 1. The Hall–Kier alpha value is -1.35. The highest BCUT2D eigenvalue weighted by Crippen LogP contribution is 2.19. The number of benzene rings is 1. The van der Waals surface area contributed by atoms with Crippen molar-refractivity contribution in [2.45, 2.75) is 4.90 Å². The number of hydrogen-bond acceptors (Lipinski definition) is 6. The number of nitrogens with two attached hydrogens (primary N) is 2. The van der Waals surface area contributed by atoms with Gasteiger partial charge in [0.25, 0.3) is 0 Å². The molecule has 2 rings (SSSR count). The molecule has 0 aromatic heterocycles. The molecule has 7 nitrogen and oxygen atoms in total. The third-order valence-electron chi connectivity index (χ3n) is 3.12. The molecule has 1 aromatic carbocycles. The van der Waals surface area contributed by atoms with Crippen LogP contribution in [0.4, 0.5) is 11.4 Å². The maximum absolute atomic E-state index is 11.3. The minimum Gasteiger partial charge on any atom is -0.399 e. The Kier molecular flexibility index (Phi) is 4.81. The molecule has 0 saturated carbocycles. The molecular weight excluding hydrogens is 280 g/mol. The third-order valence-corrected chi connectivity index (χ3v) is 4.01. The van der Waals surface area contributed by atoms with Gasteiger partial charge in [-0.3, -0.25) is 4.90 Å². The molecular formula is C12H20N4O3S. The molecule has 1 aliphatic rings. The molecule has 0 radical (unpaired) electrons. The monoisotopic (exact) mass is 300 g/mol. The van der Waals surface area contributed by atoms with Gasteiger partial charge in [0.1, 0.15) is 0 Å². The highest BCUT2D eigenvalue weighted by molar-refractivity contribution is 7.89. The number of ether oxygens (including phenoxy) is 1. The summed E-state index contributed by atoms with van der Waals surface area (Å²) in [5, 5.41) is 8.27. The van der Waals surface area contributed by atoms with E-state index in [4.69, 9.17) is 15.6 Å². The molecule has 1 heterocycles. The Morgan fingerprint density at radius 2 is 1.95 bits per heavy atom. The summed E-state index contributed by atoms with van der Waals surface area (Å²) in [6.45, 7) is 4.92. The molecule has 0 spiro atoms. The summed E-state index contributed by atoms with van der Waals surface area (Å²) < 4.78 is 27.9. The summed E-state index contributed by atoms with van der Waals surface area (Å²) in [6, 6.07) is 4.53. The van der Waals surface area contributed by atoms with E-state index in [0.29, 0.717) is 17.9 Å². The van der Waals surface area contributed by atoms with Crippen LogP contribution in [0.25, 0.3) is 0 Å². The lowest BCUT2D eigenvalue weighted by atomic mass is 10.3. The molecule has 1 aliphatic heterocycles. The summed E-state index contributed by atoms with van der Waals surface area (Å²) in [5.41, 5.74) is 6.70. The van der Waals surface area contributed by atoms with Gasteiger partial charge in [0.2, 0.25) is 10.0 Å². The van der Waals surface area contributed by atoms with E-state index in [1.165, 1.54) is 12.1 Å². The van der Waals surface area contributed by atoms with Crippen molar-refractivity contribution < 1.29 is 13.2 Å². The van der Waals surface area contributed by atoms with Gasteiger partial charge in [0, 0.05) is 37.6 Å². The Morgan fingerprint density at radius 1 is 1.25 bits per heavy atom. The first-order valence-corrected chi connectivity index (χ1v) is 7.97. The van der Waals surface area contributed by atoms with Crippen molar-refractivity contribution in [2.75, 3.05) is 50.4 Å². The molecule has 0 atom stereocenters. The van der Waals surface area contributed by atoms with E-state index < -0.39 is 10.0 Å².